The van der Waals surface area contributed by atoms with Gasteiger partial charge >= 0.3 is 0 Å². The lowest BCUT2D eigenvalue weighted by Gasteiger charge is -2.26. The van der Waals surface area contributed by atoms with Gasteiger partial charge < -0.3 is 4.90 Å². The van der Waals surface area contributed by atoms with Crippen molar-refractivity contribution in [3.8, 4) is 0 Å². The SMILES string of the molecule is c1ccc(N(c2ccccc2)c2ccc(CC3CCCCC3)cc2)cc1. The van der Waals surface area contributed by atoms with Crippen LogP contribution in [0, 0.1) is 5.92 Å². The van der Waals surface area contributed by atoms with Gasteiger partial charge in [-0.1, -0.05) is 80.6 Å². The Bertz CT molecular complexity index is 747. The minimum atomic E-state index is 0.883. The highest BCUT2D eigenvalue weighted by molar-refractivity contribution is 5.76. The molecule has 0 aromatic heterocycles. The van der Waals surface area contributed by atoms with Crippen molar-refractivity contribution in [2.45, 2.75) is 38.5 Å². The van der Waals surface area contributed by atoms with Crippen LogP contribution in [0.25, 0.3) is 0 Å². The smallest absolute Gasteiger partial charge is 0.0461 e. The van der Waals surface area contributed by atoms with Crippen molar-refractivity contribution < 1.29 is 0 Å². The number of para-hydroxylation sites is 2. The molecule has 0 saturated heterocycles. The molecule has 1 aliphatic rings. The van der Waals surface area contributed by atoms with Gasteiger partial charge in [-0.3, -0.25) is 0 Å². The Labute approximate surface area is 157 Å². The number of hydrogen-bond donors (Lipinski definition) is 0. The fourth-order valence-corrected chi connectivity index (χ4v) is 4.11. The molecule has 1 saturated carbocycles. The van der Waals surface area contributed by atoms with E-state index in [0.29, 0.717) is 0 Å². The van der Waals surface area contributed by atoms with Crippen LogP contribution in [0.1, 0.15) is 37.7 Å². The number of rotatable bonds is 5. The van der Waals surface area contributed by atoms with Crippen LogP contribution in [0.4, 0.5) is 17.1 Å². The summed E-state index contributed by atoms with van der Waals surface area (Å²) < 4.78 is 0. The Hall–Kier alpha value is -2.54. The number of benzene rings is 3. The molecule has 1 heteroatoms. The zero-order chi connectivity index (χ0) is 17.6. The summed E-state index contributed by atoms with van der Waals surface area (Å²) in [5.41, 5.74) is 5.08. The highest BCUT2D eigenvalue weighted by atomic mass is 15.1. The molecule has 4 rings (SSSR count). The predicted molar refractivity (Wildman–Crippen MR) is 111 cm³/mol. The maximum Gasteiger partial charge on any atom is 0.0461 e. The topological polar surface area (TPSA) is 3.24 Å². The molecule has 0 N–H and O–H groups in total. The molecule has 26 heavy (non-hydrogen) atoms. The van der Waals surface area contributed by atoms with E-state index in [9.17, 15) is 0 Å². The van der Waals surface area contributed by atoms with E-state index in [-0.39, 0.29) is 0 Å². The summed E-state index contributed by atoms with van der Waals surface area (Å²) in [5, 5.41) is 0. The van der Waals surface area contributed by atoms with Gasteiger partial charge in [0.15, 0.2) is 0 Å². The summed E-state index contributed by atoms with van der Waals surface area (Å²) >= 11 is 0. The number of hydrogen-bond acceptors (Lipinski definition) is 1. The molecule has 0 atom stereocenters. The first-order chi connectivity index (χ1) is 12.9. The lowest BCUT2D eigenvalue weighted by atomic mass is 9.85. The monoisotopic (exact) mass is 341 g/mol. The average Bonchev–Trinajstić information content (AvgIpc) is 2.72. The van der Waals surface area contributed by atoms with Gasteiger partial charge in [0, 0.05) is 17.1 Å². The Morgan fingerprint density at radius 2 is 1.08 bits per heavy atom. The molecule has 1 aliphatic carbocycles. The van der Waals surface area contributed by atoms with Crippen LogP contribution < -0.4 is 4.90 Å². The summed E-state index contributed by atoms with van der Waals surface area (Å²) in [6.07, 6.45) is 8.30. The summed E-state index contributed by atoms with van der Waals surface area (Å²) in [4.78, 5) is 2.32. The van der Waals surface area contributed by atoms with Crippen LogP contribution in [-0.2, 0) is 6.42 Å². The zero-order valence-electron chi connectivity index (χ0n) is 15.4. The maximum absolute atomic E-state index is 2.32. The minimum absolute atomic E-state index is 0.883. The summed E-state index contributed by atoms with van der Waals surface area (Å²) in [5.74, 6) is 0.883. The Morgan fingerprint density at radius 3 is 1.62 bits per heavy atom. The van der Waals surface area contributed by atoms with E-state index in [2.05, 4.69) is 89.8 Å². The second-order valence-corrected chi connectivity index (χ2v) is 7.38. The van der Waals surface area contributed by atoms with Crippen molar-refractivity contribution >= 4 is 17.1 Å². The molecular formula is C25H27N. The van der Waals surface area contributed by atoms with Gasteiger partial charge in [-0.05, 0) is 54.3 Å². The molecule has 0 unspecified atom stereocenters. The fraction of sp³-hybridized carbons (Fsp3) is 0.280. The Balaban J connectivity index is 1.59. The highest BCUT2D eigenvalue weighted by Crippen LogP contribution is 2.34. The van der Waals surface area contributed by atoms with E-state index in [1.54, 1.807) is 0 Å². The molecule has 0 bridgehead atoms. The van der Waals surface area contributed by atoms with Crippen molar-refractivity contribution in [1.82, 2.24) is 0 Å². The molecule has 0 aliphatic heterocycles. The van der Waals surface area contributed by atoms with Gasteiger partial charge in [-0.15, -0.1) is 0 Å². The Kier molecular flexibility index (Phi) is 5.35. The van der Waals surface area contributed by atoms with Crippen LogP contribution >= 0.6 is 0 Å². The van der Waals surface area contributed by atoms with Crippen LogP contribution in [0.5, 0.6) is 0 Å². The molecule has 0 radical (unpaired) electrons. The normalized spacial score (nSPS) is 14.9. The third-order valence-corrected chi connectivity index (χ3v) is 5.47. The molecule has 3 aromatic carbocycles. The van der Waals surface area contributed by atoms with Gasteiger partial charge in [0.1, 0.15) is 0 Å². The fourth-order valence-electron chi connectivity index (χ4n) is 4.11. The van der Waals surface area contributed by atoms with E-state index in [0.717, 1.165) is 5.92 Å². The van der Waals surface area contributed by atoms with E-state index in [1.165, 1.54) is 61.2 Å². The first-order valence-corrected chi connectivity index (χ1v) is 9.89. The standard InChI is InChI=1S/C25H27N/c1-4-10-21(11-5-1)20-22-16-18-25(19-17-22)26(23-12-6-2-7-13-23)24-14-8-3-9-15-24/h2-3,6-9,12-19,21H,1,4-5,10-11,20H2. The molecular weight excluding hydrogens is 314 g/mol. The average molecular weight is 341 g/mol. The molecule has 1 fully saturated rings. The molecule has 0 heterocycles. The Morgan fingerprint density at radius 1 is 0.577 bits per heavy atom. The second-order valence-electron chi connectivity index (χ2n) is 7.38. The van der Waals surface area contributed by atoms with Gasteiger partial charge in [0.05, 0.1) is 0 Å². The van der Waals surface area contributed by atoms with Gasteiger partial charge in [0.2, 0.25) is 0 Å². The third kappa shape index (κ3) is 3.99. The van der Waals surface area contributed by atoms with E-state index < -0.39 is 0 Å². The number of anilines is 3. The first-order valence-electron chi connectivity index (χ1n) is 9.89. The maximum atomic E-state index is 2.32. The van der Waals surface area contributed by atoms with E-state index >= 15 is 0 Å². The van der Waals surface area contributed by atoms with Gasteiger partial charge in [0.25, 0.3) is 0 Å². The number of nitrogens with zero attached hydrogens (tertiary/aromatic N) is 1. The summed E-state index contributed by atoms with van der Waals surface area (Å²) in [7, 11) is 0. The first kappa shape index (κ1) is 16.9. The van der Waals surface area contributed by atoms with E-state index in [4.69, 9.17) is 0 Å². The predicted octanol–water partition coefficient (Wildman–Crippen LogP) is 7.28. The highest BCUT2D eigenvalue weighted by Gasteiger charge is 2.15. The minimum Gasteiger partial charge on any atom is -0.311 e. The second kappa shape index (κ2) is 8.23. The molecule has 1 nitrogen and oxygen atoms in total. The van der Waals surface area contributed by atoms with Crippen molar-refractivity contribution in [3.05, 3.63) is 90.5 Å². The van der Waals surface area contributed by atoms with Crippen LogP contribution in [0.3, 0.4) is 0 Å². The summed E-state index contributed by atoms with van der Waals surface area (Å²) in [6, 6.07) is 30.4. The zero-order valence-corrected chi connectivity index (χ0v) is 15.4. The van der Waals surface area contributed by atoms with Gasteiger partial charge in [-0.25, -0.2) is 0 Å². The van der Waals surface area contributed by atoms with Crippen molar-refractivity contribution in [1.29, 1.82) is 0 Å². The lowest BCUT2D eigenvalue weighted by molar-refractivity contribution is 0.356. The van der Waals surface area contributed by atoms with Crippen molar-refractivity contribution in [2.24, 2.45) is 5.92 Å². The molecule has 0 amide bonds. The summed E-state index contributed by atoms with van der Waals surface area (Å²) in [6.45, 7) is 0. The molecule has 0 spiro atoms. The molecule has 132 valence electrons. The third-order valence-electron chi connectivity index (χ3n) is 5.47. The lowest BCUT2D eigenvalue weighted by Crippen LogP contribution is -2.11. The van der Waals surface area contributed by atoms with Crippen molar-refractivity contribution in [2.75, 3.05) is 4.90 Å². The van der Waals surface area contributed by atoms with Crippen molar-refractivity contribution in [3.63, 3.8) is 0 Å². The van der Waals surface area contributed by atoms with Crippen LogP contribution in [0.15, 0.2) is 84.9 Å². The quantitative estimate of drug-likeness (QED) is 0.471. The van der Waals surface area contributed by atoms with Gasteiger partial charge in [-0.2, -0.15) is 0 Å². The largest absolute Gasteiger partial charge is 0.311 e. The van der Waals surface area contributed by atoms with E-state index in [1.807, 2.05) is 0 Å². The van der Waals surface area contributed by atoms with Crippen LogP contribution in [-0.4, -0.2) is 0 Å². The van der Waals surface area contributed by atoms with Crippen LogP contribution in [0.2, 0.25) is 0 Å². The molecule has 3 aromatic rings.